The van der Waals surface area contributed by atoms with Crippen LogP contribution in [0.1, 0.15) is 35.4 Å². The zero-order valence-electron chi connectivity index (χ0n) is 15.0. The highest BCUT2D eigenvalue weighted by Gasteiger charge is 2.34. The lowest BCUT2D eigenvalue weighted by Crippen LogP contribution is -2.46. The molecule has 1 saturated heterocycles. The van der Waals surface area contributed by atoms with E-state index in [2.05, 4.69) is 5.32 Å². The zero-order valence-corrected chi connectivity index (χ0v) is 15.0. The number of imide groups is 1. The summed E-state index contributed by atoms with van der Waals surface area (Å²) in [5.41, 5.74) is 3.60. The van der Waals surface area contributed by atoms with E-state index in [-0.39, 0.29) is 43.0 Å². The molecule has 1 aliphatic heterocycles. The van der Waals surface area contributed by atoms with Crippen LogP contribution < -0.4 is 5.32 Å². The molecule has 134 valence electrons. The van der Waals surface area contributed by atoms with Crippen molar-refractivity contribution in [1.82, 2.24) is 4.90 Å². The van der Waals surface area contributed by atoms with Gasteiger partial charge >= 0.3 is 0 Å². The Morgan fingerprint density at radius 2 is 1.54 bits per heavy atom. The predicted octanol–water partition coefficient (Wildman–Crippen LogP) is 3.17. The molecular weight excluding hydrogens is 328 g/mol. The summed E-state index contributed by atoms with van der Waals surface area (Å²) in [6.45, 7) is 3.57. The maximum Gasteiger partial charge on any atom is 0.244 e. The van der Waals surface area contributed by atoms with Crippen LogP contribution in [0.3, 0.4) is 0 Å². The van der Waals surface area contributed by atoms with Crippen LogP contribution in [0.25, 0.3) is 0 Å². The number of nitrogens with one attached hydrogen (secondary N) is 1. The molecule has 3 rings (SSSR count). The largest absolute Gasteiger partial charge is 0.324 e. The fourth-order valence-electron chi connectivity index (χ4n) is 3.32. The van der Waals surface area contributed by atoms with Crippen molar-refractivity contribution in [3.8, 4) is 0 Å². The predicted molar refractivity (Wildman–Crippen MR) is 99.7 cm³/mol. The number of rotatable bonds is 4. The molecule has 3 amide bonds. The lowest BCUT2D eigenvalue weighted by Gasteiger charge is -2.30. The van der Waals surface area contributed by atoms with E-state index in [1.807, 2.05) is 62.4 Å². The summed E-state index contributed by atoms with van der Waals surface area (Å²) in [6.07, 6.45) is 0.485. The van der Waals surface area contributed by atoms with Crippen molar-refractivity contribution in [3.05, 3.63) is 65.2 Å². The molecule has 0 saturated carbocycles. The number of piperidine rings is 1. The first kappa shape index (κ1) is 17.9. The van der Waals surface area contributed by atoms with Crippen molar-refractivity contribution in [3.63, 3.8) is 0 Å². The Bertz CT molecular complexity index is 807. The highest BCUT2D eigenvalue weighted by atomic mass is 16.2. The van der Waals surface area contributed by atoms with Crippen molar-refractivity contribution in [2.24, 2.45) is 0 Å². The van der Waals surface area contributed by atoms with Gasteiger partial charge in [0, 0.05) is 24.4 Å². The van der Waals surface area contributed by atoms with Crippen LogP contribution in [0.2, 0.25) is 0 Å². The van der Waals surface area contributed by atoms with Crippen LogP contribution in [0.4, 0.5) is 5.69 Å². The summed E-state index contributed by atoms with van der Waals surface area (Å²) in [7, 11) is 0. The van der Waals surface area contributed by atoms with E-state index in [1.54, 1.807) is 0 Å². The Hall–Kier alpha value is -2.95. The Morgan fingerprint density at radius 1 is 0.962 bits per heavy atom. The molecule has 5 nitrogen and oxygen atoms in total. The third-order valence-electron chi connectivity index (χ3n) is 4.76. The number of aryl methyl sites for hydroxylation is 2. The second-order valence-electron chi connectivity index (χ2n) is 6.70. The first-order valence-corrected chi connectivity index (χ1v) is 8.70. The number of hydrogen-bond donors (Lipinski definition) is 1. The monoisotopic (exact) mass is 350 g/mol. The van der Waals surface area contributed by atoms with Gasteiger partial charge in [-0.1, -0.05) is 48.5 Å². The quantitative estimate of drug-likeness (QED) is 0.861. The smallest absolute Gasteiger partial charge is 0.244 e. The third-order valence-corrected chi connectivity index (χ3v) is 4.76. The van der Waals surface area contributed by atoms with Crippen LogP contribution >= 0.6 is 0 Å². The van der Waals surface area contributed by atoms with Gasteiger partial charge in [0.25, 0.3) is 0 Å². The number of benzene rings is 2. The van der Waals surface area contributed by atoms with E-state index in [0.29, 0.717) is 0 Å². The number of carbonyl (C=O) groups excluding carboxylic acids is 3. The molecule has 0 unspecified atom stereocenters. The summed E-state index contributed by atoms with van der Waals surface area (Å²) in [5.74, 6) is -1.07. The summed E-state index contributed by atoms with van der Waals surface area (Å²) >= 11 is 0. The molecular formula is C21H22N2O3. The van der Waals surface area contributed by atoms with Crippen molar-refractivity contribution >= 4 is 23.4 Å². The highest BCUT2D eigenvalue weighted by Crippen LogP contribution is 2.29. The zero-order chi connectivity index (χ0) is 18.7. The van der Waals surface area contributed by atoms with Crippen LogP contribution in [0.5, 0.6) is 0 Å². The number of nitrogens with zero attached hydrogens (tertiary/aromatic N) is 1. The van der Waals surface area contributed by atoms with Gasteiger partial charge in [-0.2, -0.15) is 0 Å². The first-order valence-electron chi connectivity index (χ1n) is 8.70. The van der Waals surface area contributed by atoms with E-state index >= 15 is 0 Å². The Kier molecular flexibility index (Phi) is 5.16. The average Bonchev–Trinajstić information content (AvgIpc) is 2.62. The van der Waals surface area contributed by atoms with Crippen molar-refractivity contribution in [1.29, 1.82) is 0 Å². The van der Waals surface area contributed by atoms with Gasteiger partial charge in [0.15, 0.2) is 0 Å². The lowest BCUT2D eigenvalue weighted by atomic mass is 9.88. The fourth-order valence-corrected chi connectivity index (χ4v) is 3.32. The Labute approximate surface area is 153 Å². The molecule has 2 aromatic carbocycles. The molecule has 1 heterocycles. The maximum atomic E-state index is 12.4. The molecule has 0 bridgehead atoms. The number of anilines is 1. The molecule has 0 aromatic heterocycles. The van der Waals surface area contributed by atoms with Crippen LogP contribution in [0, 0.1) is 13.8 Å². The van der Waals surface area contributed by atoms with Gasteiger partial charge in [0.05, 0.1) is 0 Å². The molecule has 26 heavy (non-hydrogen) atoms. The van der Waals surface area contributed by atoms with Crippen molar-refractivity contribution in [2.75, 3.05) is 11.9 Å². The molecule has 0 radical (unpaired) electrons. The Balaban J connectivity index is 1.66. The van der Waals surface area contributed by atoms with E-state index in [1.165, 1.54) is 0 Å². The van der Waals surface area contributed by atoms with Gasteiger partial charge < -0.3 is 5.32 Å². The van der Waals surface area contributed by atoms with Crippen molar-refractivity contribution in [2.45, 2.75) is 32.6 Å². The van der Waals surface area contributed by atoms with Gasteiger partial charge in [-0.15, -0.1) is 0 Å². The third kappa shape index (κ3) is 3.82. The second-order valence-corrected chi connectivity index (χ2v) is 6.70. The minimum atomic E-state index is -0.359. The van der Waals surface area contributed by atoms with E-state index in [0.717, 1.165) is 27.3 Å². The van der Waals surface area contributed by atoms with E-state index < -0.39 is 0 Å². The standard InChI is InChI=1S/C21H22N2O3/c1-14-7-6-8-15(2)21(14)22-18(24)13-23-19(25)11-17(12-20(23)26)16-9-4-3-5-10-16/h3-10,17H,11-13H2,1-2H3,(H,22,24). The van der Waals surface area contributed by atoms with Gasteiger partial charge in [-0.05, 0) is 30.5 Å². The van der Waals surface area contributed by atoms with Crippen LogP contribution in [0.15, 0.2) is 48.5 Å². The van der Waals surface area contributed by atoms with Gasteiger partial charge in [0.1, 0.15) is 6.54 Å². The number of likely N-dealkylation sites (tertiary alicyclic amines) is 1. The lowest BCUT2D eigenvalue weighted by molar-refractivity contribution is -0.150. The molecule has 1 fully saturated rings. The molecule has 0 aliphatic carbocycles. The summed E-state index contributed by atoms with van der Waals surface area (Å²) in [4.78, 5) is 38.3. The number of carbonyl (C=O) groups is 3. The minimum absolute atomic E-state index is 0.117. The van der Waals surface area contributed by atoms with Crippen LogP contribution in [-0.2, 0) is 14.4 Å². The van der Waals surface area contributed by atoms with Crippen molar-refractivity contribution < 1.29 is 14.4 Å². The minimum Gasteiger partial charge on any atom is -0.324 e. The Morgan fingerprint density at radius 3 is 2.12 bits per heavy atom. The number of para-hydroxylation sites is 1. The topological polar surface area (TPSA) is 66.5 Å². The van der Waals surface area contributed by atoms with Crippen LogP contribution in [-0.4, -0.2) is 29.2 Å². The summed E-state index contributed by atoms with van der Waals surface area (Å²) < 4.78 is 0. The molecule has 5 heteroatoms. The fraction of sp³-hybridized carbons (Fsp3) is 0.286. The summed E-state index contributed by atoms with van der Waals surface area (Å²) in [6, 6.07) is 15.3. The average molecular weight is 350 g/mol. The van der Waals surface area contributed by atoms with Gasteiger partial charge in [-0.25, -0.2) is 0 Å². The second kappa shape index (κ2) is 7.52. The molecule has 1 N–H and O–H groups in total. The maximum absolute atomic E-state index is 12.4. The van der Waals surface area contributed by atoms with Gasteiger partial charge in [0.2, 0.25) is 17.7 Å². The number of hydrogen-bond acceptors (Lipinski definition) is 3. The van der Waals surface area contributed by atoms with E-state index in [9.17, 15) is 14.4 Å². The molecule has 0 spiro atoms. The molecule has 1 aliphatic rings. The SMILES string of the molecule is Cc1cccc(C)c1NC(=O)CN1C(=O)CC(c2ccccc2)CC1=O. The highest BCUT2D eigenvalue weighted by molar-refractivity contribution is 6.04. The molecule has 2 aromatic rings. The normalized spacial score (nSPS) is 15.2. The first-order chi connectivity index (χ1) is 12.5. The van der Waals surface area contributed by atoms with Gasteiger partial charge in [-0.3, -0.25) is 19.3 Å². The van der Waals surface area contributed by atoms with E-state index in [4.69, 9.17) is 0 Å². The summed E-state index contributed by atoms with van der Waals surface area (Å²) in [5, 5.41) is 2.82. The molecule has 0 atom stereocenters. The number of amides is 3.